The number of hydrogen-bond acceptors (Lipinski definition) is 5. The van der Waals surface area contributed by atoms with E-state index < -0.39 is 22.0 Å². The molecule has 1 atom stereocenters. The van der Waals surface area contributed by atoms with Crippen molar-refractivity contribution in [2.75, 3.05) is 17.8 Å². The molecule has 1 heterocycles. The van der Waals surface area contributed by atoms with Gasteiger partial charge in [0.15, 0.2) is 0 Å². The molecule has 12 heteroatoms. The molecule has 1 aliphatic rings. The highest BCUT2D eigenvalue weighted by molar-refractivity contribution is 7.92. The zero-order valence-corrected chi connectivity index (χ0v) is 21.6. The molecular weight excluding hydrogens is 529 g/mol. The van der Waals surface area contributed by atoms with Crippen LogP contribution >= 0.6 is 23.2 Å². The fourth-order valence-electron chi connectivity index (χ4n) is 3.60. The fraction of sp³-hybridized carbons (Fsp3) is 0.292. The van der Waals surface area contributed by atoms with E-state index in [1.54, 1.807) is 29.2 Å². The SMILES string of the molecule is CC(NC(=O)C1CCN(C(=O)C=Cc2ccc(NS(=O)(=O)c3ccccc3)c(Cl)c2Cl)CC1)C(=O)O. The monoisotopic (exact) mass is 553 g/mol. The Morgan fingerprint density at radius 1 is 1.06 bits per heavy atom. The van der Waals surface area contributed by atoms with Gasteiger partial charge < -0.3 is 15.3 Å². The first-order valence-electron chi connectivity index (χ1n) is 11.1. The Hall–Kier alpha value is -3.08. The maximum absolute atomic E-state index is 12.6. The van der Waals surface area contributed by atoms with Crippen molar-refractivity contribution in [3.05, 3.63) is 64.1 Å². The molecule has 2 aromatic carbocycles. The van der Waals surface area contributed by atoms with Gasteiger partial charge in [-0.05, 0) is 49.6 Å². The lowest BCUT2D eigenvalue weighted by Gasteiger charge is -2.31. The van der Waals surface area contributed by atoms with E-state index in [1.807, 2.05) is 0 Å². The van der Waals surface area contributed by atoms with E-state index in [9.17, 15) is 22.8 Å². The van der Waals surface area contributed by atoms with Gasteiger partial charge in [-0.25, -0.2) is 8.42 Å². The van der Waals surface area contributed by atoms with Crippen molar-refractivity contribution in [2.24, 2.45) is 5.92 Å². The average Bonchev–Trinajstić information content (AvgIpc) is 2.86. The van der Waals surface area contributed by atoms with Crippen molar-refractivity contribution in [1.82, 2.24) is 10.2 Å². The van der Waals surface area contributed by atoms with Crippen molar-refractivity contribution < 1.29 is 27.9 Å². The number of hydrogen-bond donors (Lipinski definition) is 3. The predicted molar refractivity (Wildman–Crippen MR) is 137 cm³/mol. The summed E-state index contributed by atoms with van der Waals surface area (Å²) in [4.78, 5) is 37.4. The van der Waals surface area contributed by atoms with Crippen LogP contribution < -0.4 is 10.0 Å². The zero-order chi connectivity index (χ0) is 26.5. The zero-order valence-electron chi connectivity index (χ0n) is 19.3. The summed E-state index contributed by atoms with van der Waals surface area (Å²) in [5, 5.41) is 11.5. The number of carbonyl (C=O) groups excluding carboxylic acids is 2. The molecule has 1 unspecified atom stereocenters. The lowest BCUT2D eigenvalue weighted by atomic mass is 9.95. The van der Waals surface area contributed by atoms with Crippen LogP contribution in [0.1, 0.15) is 25.3 Å². The van der Waals surface area contributed by atoms with Gasteiger partial charge in [-0.1, -0.05) is 47.5 Å². The molecule has 0 spiro atoms. The number of aliphatic carboxylic acids is 1. The molecule has 0 saturated carbocycles. The number of likely N-dealkylation sites (tertiary alicyclic amines) is 1. The number of carboxylic acids is 1. The van der Waals surface area contributed by atoms with Crippen LogP contribution in [0.3, 0.4) is 0 Å². The van der Waals surface area contributed by atoms with Crippen molar-refractivity contribution in [3.63, 3.8) is 0 Å². The smallest absolute Gasteiger partial charge is 0.325 e. The van der Waals surface area contributed by atoms with E-state index in [-0.39, 0.29) is 38.4 Å². The molecule has 2 amide bonds. The Morgan fingerprint density at radius 3 is 2.31 bits per heavy atom. The lowest BCUT2D eigenvalue weighted by molar-refractivity contribution is -0.142. The maximum Gasteiger partial charge on any atom is 0.325 e. The molecule has 192 valence electrons. The van der Waals surface area contributed by atoms with E-state index in [0.29, 0.717) is 31.5 Å². The van der Waals surface area contributed by atoms with E-state index in [4.69, 9.17) is 28.3 Å². The second-order valence-electron chi connectivity index (χ2n) is 8.25. The molecule has 0 aliphatic carbocycles. The number of nitrogens with one attached hydrogen (secondary N) is 2. The number of anilines is 1. The molecule has 0 aromatic heterocycles. The fourth-order valence-corrected chi connectivity index (χ4v) is 5.19. The van der Waals surface area contributed by atoms with Crippen LogP contribution in [0.15, 0.2) is 53.4 Å². The Kier molecular flexibility index (Phi) is 8.99. The van der Waals surface area contributed by atoms with Gasteiger partial charge in [0.05, 0.1) is 20.6 Å². The molecule has 1 fully saturated rings. The first kappa shape index (κ1) is 27.5. The van der Waals surface area contributed by atoms with Crippen LogP contribution in [-0.2, 0) is 24.4 Å². The summed E-state index contributed by atoms with van der Waals surface area (Å²) in [6, 6.07) is 9.83. The van der Waals surface area contributed by atoms with Gasteiger partial charge in [0.2, 0.25) is 11.8 Å². The lowest BCUT2D eigenvalue weighted by Crippen LogP contribution is -2.46. The van der Waals surface area contributed by atoms with Crippen LogP contribution in [0.25, 0.3) is 6.08 Å². The second-order valence-corrected chi connectivity index (χ2v) is 10.7. The highest BCUT2D eigenvalue weighted by Gasteiger charge is 2.28. The molecule has 1 saturated heterocycles. The minimum Gasteiger partial charge on any atom is -0.480 e. The molecule has 9 nitrogen and oxygen atoms in total. The molecule has 0 bridgehead atoms. The molecule has 2 aromatic rings. The third-order valence-electron chi connectivity index (χ3n) is 5.72. The number of carbonyl (C=O) groups is 3. The Morgan fingerprint density at radius 2 is 1.69 bits per heavy atom. The Balaban J connectivity index is 1.61. The van der Waals surface area contributed by atoms with Gasteiger partial charge in [-0.3, -0.25) is 19.1 Å². The Bertz CT molecular complexity index is 1280. The molecule has 0 radical (unpaired) electrons. The summed E-state index contributed by atoms with van der Waals surface area (Å²) in [7, 11) is -3.86. The number of nitrogens with zero attached hydrogens (tertiary/aromatic N) is 1. The van der Waals surface area contributed by atoms with Gasteiger partial charge in [-0.15, -0.1) is 0 Å². The minimum atomic E-state index is -3.86. The van der Waals surface area contributed by atoms with Gasteiger partial charge in [0.25, 0.3) is 10.0 Å². The van der Waals surface area contributed by atoms with Gasteiger partial charge in [0.1, 0.15) is 6.04 Å². The number of halogens is 2. The quantitative estimate of drug-likeness (QED) is 0.427. The highest BCUT2D eigenvalue weighted by atomic mass is 35.5. The molecule has 3 rings (SSSR count). The summed E-state index contributed by atoms with van der Waals surface area (Å²) < 4.78 is 27.5. The maximum atomic E-state index is 12.6. The number of carboxylic acid groups (broad SMARTS) is 1. The van der Waals surface area contributed by atoms with Crippen molar-refractivity contribution >= 4 is 62.8 Å². The van der Waals surface area contributed by atoms with E-state index in [0.717, 1.165) is 0 Å². The summed E-state index contributed by atoms with van der Waals surface area (Å²) in [5.74, 6) is -2.09. The molecule has 1 aliphatic heterocycles. The van der Waals surface area contributed by atoms with Crippen LogP contribution in [0.2, 0.25) is 10.0 Å². The predicted octanol–water partition coefficient (Wildman–Crippen LogP) is 3.64. The third-order valence-corrected chi connectivity index (χ3v) is 8.00. The normalized spacial score (nSPS) is 15.5. The highest BCUT2D eigenvalue weighted by Crippen LogP contribution is 2.35. The van der Waals surface area contributed by atoms with Crippen LogP contribution in [0.5, 0.6) is 0 Å². The molecule has 3 N–H and O–H groups in total. The minimum absolute atomic E-state index is 0.00631. The standard InChI is InChI=1S/C24H25Cl2N3O6S/c1-15(24(32)33)27-23(31)17-11-13-29(14-12-17)20(30)10-8-16-7-9-19(22(26)21(16)25)28-36(34,35)18-5-3-2-4-6-18/h2-10,15,17,28H,11-14H2,1H3,(H,27,31)(H,32,33). The number of sulfonamides is 1. The van der Waals surface area contributed by atoms with E-state index >= 15 is 0 Å². The van der Waals surface area contributed by atoms with Gasteiger partial charge in [0, 0.05) is 25.1 Å². The molecular formula is C24H25Cl2N3O6S. The van der Waals surface area contributed by atoms with Gasteiger partial charge >= 0.3 is 5.97 Å². The van der Waals surface area contributed by atoms with Crippen LogP contribution in [0, 0.1) is 5.92 Å². The summed E-state index contributed by atoms with van der Waals surface area (Å²) in [5.41, 5.74) is 0.529. The van der Waals surface area contributed by atoms with Crippen LogP contribution in [0.4, 0.5) is 5.69 Å². The average molecular weight is 554 g/mol. The molecule has 36 heavy (non-hydrogen) atoms. The first-order valence-corrected chi connectivity index (χ1v) is 13.3. The largest absolute Gasteiger partial charge is 0.480 e. The van der Waals surface area contributed by atoms with Crippen molar-refractivity contribution in [3.8, 4) is 0 Å². The van der Waals surface area contributed by atoms with Crippen molar-refractivity contribution in [2.45, 2.75) is 30.7 Å². The van der Waals surface area contributed by atoms with Gasteiger partial charge in [-0.2, -0.15) is 0 Å². The first-order chi connectivity index (χ1) is 17.0. The van der Waals surface area contributed by atoms with E-state index in [1.165, 1.54) is 37.3 Å². The number of benzene rings is 2. The number of rotatable bonds is 8. The van der Waals surface area contributed by atoms with E-state index in [2.05, 4.69) is 10.0 Å². The summed E-state index contributed by atoms with van der Waals surface area (Å²) in [6.45, 7) is 2.08. The summed E-state index contributed by atoms with van der Waals surface area (Å²) in [6.07, 6.45) is 3.65. The van der Waals surface area contributed by atoms with Crippen LogP contribution in [-0.4, -0.2) is 55.3 Å². The third kappa shape index (κ3) is 6.77. The van der Waals surface area contributed by atoms with Crippen molar-refractivity contribution in [1.29, 1.82) is 0 Å². The summed E-state index contributed by atoms with van der Waals surface area (Å²) >= 11 is 12.6. The topological polar surface area (TPSA) is 133 Å². The number of amides is 2. The Labute approximate surface area is 219 Å². The second kappa shape index (κ2) is 11.8. The number of piperidine rings is 1.